The van der Waals surface area contributed by atoms with E-state index >= 15 is 0 Å². The van der Waals surface area contributed by atoms with Gasteiger partial charge in [-0.05, 0) is 70.9 Å². The van der Waals surface area contributed by atoms with E-state index in [1.54, 1.807) is 7.05 Å². The minimum Gasteiger partial charge on any atom is -0.372 e. The molecule has 188 valence electrons. The largest absolute Gasteiger partial charge is 0.372 e. The fourth-order valence-corrected chi connectivity index (χ4v) is 4.14. The van der Waals surface area contributed by atoms with Crippen LogP contribution in [0.5, 0.6) is 0 Å². The minimum atomic E-state index is 0. The summed E-state index contributed by atoms with van der Waals surface area (Å²) in [4.78, 5) is 21.5. The smallest absolute Gasteiger partial charge is 0.254 e. The van der Waals surface area contributed by atoms with Crippen molar-refractivity contribution in [2.75, 3.05) is 39.8 Å². The molecule has 1 saturated heterocycles. The molecule has 3 unspecified atom stereocenters. The molecule has 1 aromatic rings. The third-order valence-corrected chi connectivity index (χ3v) is 5.98. The van der Waals surface area contributed by atoms with Crippen LogP contribution in [-0.2, 0) is 11.3 Å². The monoisotopic (exact) mass is 573 g/mol. The fraction of sp³-hybridized carbons (Fsp3) is 0.680. The van der Waals surface area contributed by atoms with Crippen molar-refractivity contribution >= 4 is 35.8 Å². The predicted octanol–water partition coefficient (Wildman–Crippen LogP) is 3.73. The molecule has 1 aliphatic heterocycles. The first-order valence-electron chi connectivity index (χ1n) is 12.1. The summed E-state index contributed by atoms with van der Waals surface area (Å²) in [6.45, 7) is 15.9. The summed E-state index contributed by atoms with van der Waals surface area (Å²) in [6.07, 6.45) is 2.42. The highest BCUT2D eigenvalue weighted by atomic mass is 127. The number of carbonyl (C=O) groups is 1. The highest BCUT2D eigenvalue weighted by molar-refractivity contribution is 14.0. The zero-order valence-electron chi connectivity index (χ0n) is 21.3. The van der Waals surface area contributed by atoms with E-state index in [1.165, 1.54) is 6.42 Å². The number of benzene rings is 1. The first-order chi connectivity index (χ1) is 15.4. The van der Waals surface area contributed by atoms with Crippen LogP contribution >= 0.6 is 24.0 Å². The molecule has 1 fully saturated rings. The van der Waals surface area contributed by atoms with Gasteiger partial charge < -0.3 is 25.2 Å². The van der Waals surface area contributed by atoms with E-state index in [9.17, 15) is 4.79 Å². The third kappa shape index (κ3) is 10.2. The molecule has 0 aromatic heterocycles. The second-order valence-electron chi connectivity index (χ2n) is 8.80. The second kappa shape index (κ2) is 15.5. The fourth-order valence-electron chi connectivity index (χ4n) is 4.14. The van der Waals surface area contributed by atoms with Crippen LogP contribution in [0.1, 0.15) is 63.4 Å². The highest BCUT2D eigenvalue weighted by Crippen LogP contribution is 2.15. The molecule has 3 atom stereocenters. The summed E-state index contributed by atoms with van der Waals surface area (Å²) in [5, 5.41) is 6.85. The van der Waals surface area contributed by atoms with Gasteiger partial charge in [-0.25, -0.2) is 0 Å². The zero-order chi connectivity index (χ0) is 23.5. The number of hydrogen-bond donors (Lipinski definition) is 2. The summed E-state index contributed by atoms with van der Waals surface area (Å²) in [5.74, 6) is 0.874. The number of carbonyl (C=O) groups excluding carboxylic acids is 1. The van der Waals surface area contributed by atoms with E-state index in [0.717, 1.165) is 43.1 Å². The Morgan fingerprint density at radius 2 is 1.79 bits per heavy atom. The van der Waals surface area contributed by atoms with E-state index in [1.807, 2.05) is 43.0 Å². The molecule has 0 bridgehead atoms. The number of halogens is 1. The molecule has 1 aliphatic rings. The maximum absolute atomic E-state index is 12.8. The van der Waals surface area contributed by atoms with Crippen molar-refractivity contribution in [3.8, 4) is 0 Å². The first-order valence-corrected chi connectivity index (χ1v) is 12.1. The van der Waals surface area contributed by atoms with Crippen LogP contribution in [0.4, 0.5) is 0 Å². The van der Waals surface area contributed by atoms with Crippen molar-refractivity contribution in [1.29, 1.82) is 0 Å². The van der Waals surface area contributed by atoms with Crippen molar-refractivity contribution in [3.05, 3.63) is 35.4 Å². The van der Waals surface area contributed by atoms with E-state index in [4.69, 9.17) is 4.74 Å². The summed E-state index contributed by atoms with van der Waals surface area (Å²) in [7, 11) is 1.80. The Morgan fingerprint density at radius 1 is 1.18 bits per heavy atom. The Kier molecular flexibility index (Phi) is 13.9. The maximum atomic E-state index is 12.8. The van der Waals surface area contributed by atoms with Gasteiger partial charge in [-0.2, -0.15) is 0 Å². The van der Waals surface area contributed by atoms with Gasteiger partial charge >= 0.3 is 0 Å². The van der Waals surface area contributed by atoms with Gasteiger partial charge in [0.2, 0.25) is 0 Å². The van der Waals surface area contributed by atoms with E-state index in [-0.39, 0.29) is 42.1 Å². The number of rotatable bonds is 10. The molecule has 0 aliphatic carbocycles. The Morgan fingerprint density at radius 3 is 2.33 bits per heavy atom. The highest BCUT2D eigenvalue weighted by Gasteiger charge is 2.26. The molecular weight excluding hydrogens is 529 g/mol. The zero-order valence-corrected chi connectivity index (χ0v) is 23.6. The van der Waals surface area contributed by atoms with Gasteiger partial charge in [0.25, 0.3) is 5.91 Å². The number of amides is 1. The summed E-state index contributed by atoms with van der Waals surface area (Å²) in [6, 6.07) is 8.20. The standard InChI is InChI=1S/C25H43N5O2.HI/c1-7-29(8-2)15-9-10-19(3)28-25(26-6)27-16-22-11-13-23(14-12-22)24(31)30-17-20(4)32-21(5)18-30;/h11-14,19-21H,7-10,15-18H2,1-6H3,(H2,26,27,28);1H. The first kappa shape index (κ1) is 29.6. The molecule has 2 rings (SSSR count). The van der Waals surface area contributed by atoms with Crippen LogP contribution in [0.2, 0.25) is 0 Å². The topological polar surface area (TPSA) is 69.2 Å². The lowest BCUT2D eigenvalue weighted by Gasteiger charge is -2.35. The number of nitrogens with one attached hydrogen (secondary N) is 2. The molecule has 1 amide bonds. The van der Waals surface area contributed by atoms with Crippen LogP contribution < -0.4 is 10.6 Å². The molecule has 33 heavy (non-hydrogen) atoms. The van der Waals surface area contributed by atoms with Crippen LogP contribution in [0.3, 0.4) is 0 Å². The van der Waals surface area contributed by atoms with Crippen molar-refractivity contribution in [2.45, 2.75) is 72.3 Å². The van der Waals surface area contributed by atoms with Crippen LogP contribution in [0.25, 0.3) is 0 Å². The Bertz CT molecular complexity index is 714. The van der Waals surface area contributed by atoms with Crippen molar-refractivity contribution < 1.29 is 9.53 Å². The number of nitrogens with zero attached hydrogens (tertiary/aromatic N) is 3. The SMILES string of the molecule is CCN(CC)CCCC(C)NC(=NC)NCc1ccc(C(=O)N2CC(C)OC(C)C2)cc1.I. The molecular formula is C25H44IN5O2. The lowest BCUT2D eigenvalue weighted by Crippen LogP contribution is -2.48. The van der Waals surface area contributed by atoms with Crippen molar-refractivity contribution in [2.24, 2.45) is 4.99 Å². The molecule has 7 nitrogen and oxygen atoms in total. The number of ether oxygens (including phenoxy) is 1. The molecule has 2 N–H and O–H groups in total. The molecule has 1 aromatic carbocycles. The summed E-state index contributed by atoms with van der Waals surface area (Å²) >= 11 is 0. The lowest BCUT2D eigenvalue weighted by molar-refractivity contribution is -0.0586. The Hall–Kier alpha value is -1.39. The van der Waals surface area contributed by atoms with Gasteiger partial charge in [-0.1, -0.05) is 26.0 Å². The van der Waals surface area contributed by atoms with Gasteiger partial charge in [0.15, 0.2) is 5.96 Å². The molecule has 0 spiro atoms. The van der Waals surface area contributed by atoms with Gasteiger partial charge in [0.1, 0.15) is 0 Å². The van der Waals surface area contributed by atoms with Crippen LogP contribution in [-0.4, -0.2) is 79.7 Å². The minimum absolute atomic E-state index is 0. The van der Waals surface area contributed by atoms with Crippen molar-refractivity contribution in [1.82, 2.24) is 20.4 Å². The number of hydrogen-bond acceptors (Lipinski definition) is 4. The lowest BCUT2D eigenvalue weighted by atomic mass is 10.1. The van der Waals surface area contributed by atoms with Gasteiger partial charge in [-0.3, -0.25) is 9.79 Å². The number of aliphatic imine (C=N–C) groups is 1. The molecule has 0 radical (unpaired) electrons. The van der Waals surface area contributed by atoms with Crippen LogP contribution in [0, 0.1) is 0 Å². The van der Waals surface area contributed by atoms with Gasteiger partial charge in [-0.15, -0.1) is 24.0 Å². The normalized spacial score (nSPS) is 19.7. The second-order valence-corrected chi connectivity index (χ2v) is 8.80. The van der Waals surface area contributed by atoms with E-state index in [0.29, 0.717) is 25.7 Å². The van der Waals surface area contributed by atoms with Crippen molar-refractivity contribution in [3.63, 3.8) is 0 Å². The average Bonchev–Trinajstić information content (AvgIpc) is 2.78. The number of morpholine rings is 1. The van der Waals surface area contributed by atoms with E-state index in [2.05, 4.69) is 41.3 Å². The average molecular weight is 574 g/mol. The Labute approximate surface area is 217 Å². The van der Waals surface area contributed by atoms with Crippen LogP contribution in [0.15, 0.2) is 29.3 Å². The summed E-state index contributed by atoms with van der Waals surface area (Å²) in [5.41, 5.74) is 1.83. The third-order valence-electron chi connectivity index (χ3n) is 5.98. The molecule has 0 saturated carbocycles. The molecule has 8 heteroatoms. The quantitative estimate of drug-likeness (QED) is 0.254. The Balaban J connectivity index is 0.00000544. The summed E-state index contributed by atoms with van der Waals surface area (Å²) < 4.78 is 5.73. The predicted molar refractivity (Wildman–Crippen MR) is 148 cm³/mol. The number of guanidine groups is 1. The maximum Gasteiger partial charge on any atom is 0.254 e. The van der Waals surface area contributed by atoms with Gasteiger partial charge in [0, 0.05) is 38.3 Å². The van der Waals surface area contributed by atoms with Gasteiger partial charge in [0.05, 0.1) is 12.2 Å². The van der Waals surface area contributed by atoms with E-state index < -0.39 is 0 Å². The molecule has 1 heterocycles.